The molecular weight excluding hydrogens is 358 g/mol. The molecule has 0 bridgehead atoms. The van der Waals surface area contributed by atoms with Crippen molar-refractivity contribution in [3.05, 3.63) is 95.4 Å². The van der Waals surface area contributed by atoms with Gasteiger partial charge in [-0.1, -0.05) is 24.3 Å². The second kappa shape index (κ2) is 6.64. The van der Waals surface area contributed by atoms with Gasteiger partial charge in [0.2, 0.25) is 0 Å². The van der Waals surface area contributed by atoms with Crippen LogP contribution in [0.15, 0.2) is 66.9 Å². The maximum atomic E-state index is 14.2. The molecule has 0 spiro atoms. The summed E-state index contributed by atoms with van der Waals surface area (Å²) in [6.07, 6.45) is 3.13. The maximum Gasteiger partial charge on any atom is 0.187 e. The van der Waals surface area contributed by atoms with E-state index in [1.54, 1.807) is 24.4 Å². The Balaban J connectivity index is 1.72. The van der Waals surface area contributed by atoms with Crippen LogP contribution in [-0.2, 0) is 6.42 Å². The molecule has 0 radical (unpaired) electrons. The van der Waals surface area contributed by atoms with Crippen molar-refractivity contribution in [2.45, 2.75) is 18.8 Å². The quantitative estimate of drug-likeness (QED) is 0.511. The zero-order chi connectivity index (χ0) is 19.1. The van der Waals surface area contributed by atoms with Gasteiger partial charge >= 0.3 is 0 Å². The van der Waals surface area contributed by atoms with Crippen LogP contribution in [0.5, 0.6) is 0 Å². The standard InChI is InChI=1S/C22H16F2N4/c23-15-6-4-14(5-7-15)17-10-11-21-26-27-22(19-3-1-2-12-25-19)28(21)20-13-16(24)8-9-18(17)20/h1-9,12-13,17H,10-11H2. The van der Waals surface area contributed by atoms with Gasteiger partial charge in [-0.05, 0) is 53.9 Å². The lowest BCUT2D eigenvalue weighted by molar-refractivity contribution is 0.623. The minimum absolute atomic E-state index is 0.00878. The topological polar surface area (TPSA) is 43.6 Å². The SMILES string of the molecule is Fc1ccc(C2CCc3nnc(-c4ccccn4)n3-c3cc(F)ccc32)cc1. The molecule has 0 fully saturated rings. The van der Waals surface area contributed by atoms with E-state index in [4.69, 9.17) is 0 Å². The first-order valence-electron chi connectivity index (χ1n) is 9.12. The molecule has 2 aromatic heterocycles. The van der Waals surface area contributed by atoms with Crippen molar-refractivity contribution in [1.29, 1.82) is 0 Å². The highest BCUT2D eigenvalue weighted by atomic mass is 19.1. The molecule has 1 atom stereocenters. The number of hydrogen-bond acceptors (Lipinski definition) is 3. The summed E-state index contributed by atoms with van der Waals surface area (Å²) in [4.78, 5) is 4.38. The normalized spacial score (nSPS) is 15.6. The third kappa shape index (κ3) is 2.78. The zero-order valence-corrected chi connectivity index (χ0v) is 14.9. The molecule has 1 aliphatic heterocycles. The molecule has 0 saturated carbocycles. The molecule has 28 heavy (non-hydrogen) atoms. The van der Waals surface area contributed by atoms with Crippen molar-refractivity contribution in [2.24, 2.45) is 0 Å². The molecule has 0 N–H and O–H groups in total. The Kier molecular flexibility index (Phi) is 3.97. The number of aromatic nitrogens is 4. The Morgan fingerprint density at radius 3 is 2.50 bits per heavy atom. The second-order valence-electron chi connectivity index (χ2n) is 6.84. The minimum atomic E-state index is -0.329. The number of benzene rings is 2. The lowest BCUT2D eigenvalue weighted by atomic mass is 9.87. The van der Waals surface area contributed by atoms with E-state index in [1.165, 1.54) is 24.3 Å². The second-order valence-corrected chi connectivity index (χ2v) is 6.84. The summed E-state index contributed by atoms with van der Waals surface area (Å²) in [5, 5.41) is 8.68. The Morgan fingerprint density at radius 2 is 1.71 bits per heavy atom. The Labute approximate surface area is 160 Å². The number of nitrogens with zero attached hydrogens (tertiary/aromatic N) is 4. The molecule has 0 saturated heterocycles. The Morgan fingerprint density at radius 1 is 0.893 bits per heavy atom. The highest BCUT2D eigenvalue weighted by Crippen LogP contribution is 2.38. The molecule has 138 valence electrons. The molecule has 4 nitrogen and oxygen atoms in total. The van der Waals surface area contributed by atoms with Gasteiger partial charge in [-0.25, -0.2) is 8.78 Å². The average Bonchev–Trinajstić information content (AvgIpc) is 3.08. The summed E-state index contributed by atoms with van der Waals surface area (Å²) >= 11 is 0. The highest BCUT2D eigenvalue weighted by Gasteiger charge is 2.28. The molecule has 3 heterocycles. The first-order valence-corrected chi connectivity index (χ1v) is 9.12. The van der Waals surface area contributed by atoms with E-state index in [1.807, 2.05) is 22.8 Å². The fourth-order valence-corrected chi connectivity index (χ4v) is 3.87. The molecule has 4 aromatic rings. The van der Waals surface area contributed by atoms with E-state index >= 15 is 0 Å². The van der Waals surface area contributed by atoms with Crippen LogP contribution in [0.4, 0.5) is 8.78 Å². The summed E-state index contributed by atoms with van der Waals surface area (Å²) < 4.78 is 29.5. The smallest absolute Gasteiger partial charge is 0.187 e. The third-order valence-electron chi connectivity index (χ3n) is 5.16. The number of hydrogen-bond donors (Lipinski definition) is 0. The van der Waals surface area contributed by atoms with Gasteiger partial charge in [-0.15, -0.1) is 10.2 Å². The van der Waals surface area contributed by atoms with Crippen LogP contribution in [0.1, 0.15) is 29.3 Å². The molecule has 2 aromatic carbocycles. The molecule has 1 aliphatic rings. The molecule has 0 amide bonds. The van der Waals surface area contributed by atoms with Gasteiger partial charge in [-0.2, -0.15) is 0 Å². The first kappa shape index (κ1) is 16.7. The van der Waals surface area contributed by atoms with E-state index in [0.717, 1.165) is 23.4 Å². The summed E-state index contributed by atoms with van der Waals surface area (Å²) in [6.45, 7) is 0. The number of aryl methyl sites for hydroxylation is 1. The van der Waals surface area contributed by atoms with Crippen molar-refractivity contribution in [2.75, 3.05) is 0 Å². The molecule has 5 rings (SSSR count). The summed E-state index contributed by atoms with van der Waals surface area (Å²) in [7, 11) is 0. The Bertz CT molecular complexity index is 1140. The fraction of sp³-hybridized carbons (Fsp3) is 0.136. The van der Waals surface area contributed by atoms with Crippen LogP contribution < -0.4 is 0 Å². The van der Waals surface area contributed by atoms with Gasteiger partial charge in [0.1, 0.15) is 23.2 Å². The first-order chi connectivity index (χ1) is 13.7. The van der Waals surface area contributed by atoms with Crippen LogP contribution in [0.3, 0.4) is 0 Å². The highest BCUT2D eigenvalue weighted by molar-refractivity contribution is 5.58. The van der Waals surface area contributed by atoms with E-state index < -0.39 is 0 Å². The lowest BCUT2D eigenvalue weighted by Gasteiger charge is -2.19. The van der Waals surface area contributed by atoms with Gasteiger partial charge in [0.15, 0.2) is 5.82 Å². The largest absolute Gasteiger partial charge is 0.277 e. The zero-order valence-electron chi connectivity index (χ0n) is 14.9. The van der Waals surface area contributed by atoms with E-state index in [-0.39, 0.29) is 17.6 Å². The van der Waals surface area contributed by atoms with Gasteiger partial charge in [-0.3, -0.25) is 9.55 Å². The maximum absolute atomic E-state index is 14.2. The van der Waals surface area contributed by atoms with Crippen LogP contribution in [0.2, 0.25) is 0 Å². The van der Waals surface area contributed by atoms with Gasteiger partial charge < -0.3 is 0 Å². The number of fused-ring (bicyclic) bond motifs is 3. The number of halogens is 2. The predicted octanol–water partition coefficient (Wildman–Crippen LogP) is 4.69. The van der Waals surface area contributed by atoms with Crippen LogP contribution >= 0.6 is 0 Å². The minimum Gasteiger partial charge on any atom is -0.277 e. The van der Waals surface area contributed by atoms with Crippen molar-refractivity contribution in [3.8, 4) is 17.2 Å². The lowest BCUT2D eigenvalue weighted by Crippen LogP contribution is -2.06. The molecule has 6 heteroatoms. The van der Waals surface area contributed by atoms with Gasteiger partial charge in [0.25, 0.3) is 0 Å². The van der Waals surface area contributed by atoms with E-state index in [9.17, 15) is 8.78 Å². The third-order valence-corrected chi connectivity index (χ3v) is 5.16. The van der Waals surface area contributed by atoms with Crippen molar-refractivity contribution in [1.82, 2.24) is 19.7 Å². The molecule has 0 aliphatic carbocycles. The monoisotopic (exact) mass is 374 g/mol. The number of rotatable bonds is 2. The summed E-state index contributed by atoms with van der Waals surface area (Å²) in [5.41, 5.74) is 3.33. The molecule has 1 unspecified atom stereocenters. The van der Waals surface area contributed by atoms with Crippen molar-refractivity contribution >= 4 is 0 Å². The summed E-state index contributed by atoms with van der Waals surface area (Å²) in [6, 6.07) is 16.9. The van der Waals surface area contributed by atoms with Crippen LogP contribution in [0, 0.1) is 11.6 Å². The van der Waals surface area contributed by atoms with Crippen LogP contribution in [0.25, 0.3) is 17.2 Å². The van der Waals surface area contributed by atoms with E-state index in [2.05, 4.69) is 15.2 Å². The fourth-order valence-electron chi connectivity index (χ4n) is 3.87. The molecular formula is C22H16F2N4. The Hall–Kier alpha value is -3.41. The summed E-state index contributed by atoms with van der Waals surface area (Å²) in [5.74, 6) is 0.755. The van der Waals surface area contributed by atoms with Crippen LogP contribution in [-0.4, -0.2) is 19.7 Å². The predicted molar refractivity (Wildman–Crippen MR) is 101 cm³/mol. The van der Waals surface area contributed by atoms with E-state index in [0.29, 0.717) is 23.6 Å². The number of pyridine rings is 1. The van der Waals surface area contributed by atoms with Gasteiger partial charge in [0.05, 0.1) is 5.69 Å². The van der Waals surface area contributed by atoms with Crippen molar-refractivity contribution in [3.63, 3.8) is 0 Å². The van der Waals surface area contributed by atoms with Gasteiger partial charge in [0, 0.05) is 18.5 Å². The van der Waals surface area contributed by atoms with Crippen molar-refractivity contribution < 1.29 is 8.78 Å². The average molecular weight is 374 g/mol.